The van der Waals surface area contributed by atoms with Crippen molar-refractivity contribution in [3.05, 3.63) is 42.7 Å². The van der Waals surface area contributed by atoms with Crippen molar-refractivity contribution in [3.63, 3.8) is 0 Å². The molecule has 1 aliphatic heterocycles. The lowest BCUT2D eigenvalue weighted by Gasteiger charge is -2.29. The number of carbonyl (C=O) groups is 2. The molecule has 1 aromatic carbocycles. The molecule has 1 amide bonds. The number of rotatable bonds is 10. The van der Waals surface area contributed by atoms with Crippen molar-refractivity contribution in [2.24, 2.45) is 5.92 Å². The highest BCUT2D eigenvalue weighted by Gasteiger charge is 2.33. The Hall–Kier alpha value is -3.18. The predicted molar refractivity (Wildman–Crippen MR) is 124 cm³/mol. The molecule has 11 heteroatoms. The number of nitrogens with one attached hydrogen (secondary N) is 1. The number of sulfonamides is 1. The molecule has 10 nitrogen and oxygen atoms in total. The maximum atomic E-state index is 12.7. The van der Waals surface area contributed by atoms with E-state index in [9.17, 15) is 18.0 Å². The molecule has 0 spiro atoms. The fourth-order valence-electron chi connectivity index (χ4n) is 3.56. The molecule has 0 aliphatic carbocycles. The molecular weight excluding hydrogens is 462 g/mol. The van der Waals surface area contributed by atoms with Gasteiger partial charge in [0.25, 0.3) is 5.91 Å². The molecule has 1 N–H and O–H groups in total. The standard InChI is InChI=1S/C23H29N3O7S/c1-3-31-20-8-7-18(14-21(20)32-4-2)25-22(27)16-33-23(28)17-9-12-26(13-10-17)34(29,30)19-6-5-11-24-15-19/h5-8,11,14-15,17H,3-4,9-10,12-13,16H2,1-2H3,(H,25,27). The van der Waals surface area contributed by atoms with E-state index in [-0.39, 0.29) is 18.0 Å². The first-order valence-electron chi connectivity index (χ1n) is 11.1. The quantitative estimate of drug-likeness (QED) is 0.503. The summed E-state index contributed by atoms with van der Waals surface area (Å²) in [5.74, 6) is -0.396. The monoisotopic (exact) mass is 491 g/mol. The van der Waals surface area contributed by atoms with Crippen LogP contribution >= 0.6 is 0 Å². The minimum Gasteiger partial charge on any atom is -0.490 e. The maximum absolute atomic E-state index is 12.7. The fraction of sp³-hybridized carbons (Fsp3) is 0.435. The van der Waals surface area contributed by atoms with Gasteiger partial charge < -0.3 is 19.5 Å². The topological polar surface area (TPSA) is 124 Å². The van der Waals surface area contributed by atoms with Gasteiger partial charge in [0.2, 0.25) is 10.0 Å². The number of ether oxygens (including phenoxy) is 3. The van der Waals surface area contributed by atoms with Gasteiger partial charge in [0.1, 0.15) is 4.90 Å². The van der Waals surface area contributed by atoms with E-state index in [1.807, 2.05) is 13.8 Å². The van der Waals surface area contributed by atoms with Crippen LogP contribution in [0.4, 0.5) is 5.69 Å². The second-order valence-electron chi connectivity index (χ2n) is 7.55. The number of carbonyl (C=O) groups excluding carboxylic acids is 2. The summed E-state index contributed by atoms with van der Waals surface area (Å²) in [6, 6.07) is 8.07. The maximum Gasteiger partial charge on any atom is 0.309 e. The molecule has 1 aliphatic rings. The van der Waals surface area contributed by atoms with Crippen molar-refractivity contribution in [2.75, 3.05) is 38.2 Å². The van der Waals surface area contributed by atoms with Crippen molar-refractivity contribution in [1.29, 1.82) is 0 Å². The van der Waals surface area contributed by atoms with Gasteiger partial charge in [-0.15, -0.1) is 0 Å². The average Bonchev–Trinajstić information content (AvgIpc) is 2.85. The summed E-state index contributed by atoms with van der Waals surface area (Å²) in [7, 11) is -3.65. The Balaban J connectivity index is 1.48. The first kappa shape index (κ1) is 25.4. The molecule has 3 rings (SSSR count). The van der Waals surface area contributed by atoms with Crippen molar-refractivity contribution in [3.8, 4) is 11.5 Å². The van der Waals surface area contributed by atoms with Crippen LogP contribution in [0.25, 0.3) is 0 Å². The summed E-state index contributed by atoms with van der Waals surface area (Å²) in [5.41, 5.74) is 0.488. The van der Waals surface area contributed by atoms with Crippen molar-refractivity contribution in [2.45, 2.75) is 31.6 Å². The van der Waals surface area contributed by atoms with E-state index in [2.05, 4.69) is 10.3 Å². The lowest BCUT2D eigenvalue weighted by Crippen LogP contribution is -2.40. The summed E-state index contributed by atoms with van der Waals surface area (Å²) < 4.78 is 42.9. The number of hydrogen-bond acceptors (Lipinski definition) is 8. The number of anilines is 1. The Kier molecular flexibility index (Phi) is 8.83. The lowest BCUT2D eigenvalue weighted by atomic mass is 9.98. The minimum atomic E-state index is -3.65. The summed E-state index contributed by atoms with van der Waals surface area (Å²) in [6.07, 6.45) is 3.44. The van der Waals surface area contributed by atoms with E-state index >= 15 is 0 Å². The number of piperidine rings is 1. The Morgan fingerprint density at radius 1 is 1.09 bits per heavy atom. The normalized spacial score (nSPS) is 14.9. The van der Waals surface area contributed by atoms with Gasteiger partial charge in [-0.3, -0.25) is 14.6 Å². The van der Waals surface area contributed by atoms with Gasteiger partial charge in [0.15, 0.2) is 18.1 Å². The summed E-state index contributed by atoms with van der Waals surface area (Å²) in [5, 5.41) is 2.67. The van der Waals surface area contributed by atoms with Gasteiger partial charge in [0.05, 0.1) is 19.1 Å². The van der Waals surface area contributed by atoms with Crippen LogP contribution in [0.1, 0.15) is 26.7 Å². The second kappa shape index (κ2) is 11.8. The van der Waals surface area contributed by atoms with E-state index < -0.39 is 34.4 Å². The SMILES string of the molecule is CCOc1ccc(NC(=O)COC(=O)C2CCN(S(=O)(=O)c3cccnc3)CC2)cc1OCC. The fourth-order valence-corrected chi connectivity index (χ4v) is 5.00. The van der Waals surface area contributed by atoms with Crippen LogP contribution in [0.3, 0.4) is 0 Å². The van der Waals surface area contributed by atoms with Crippen molar-refractivity contribution >= 4 is 27.6 Å². The van der Waals surface area contributed by atoms with E-state index in [4.69, 9.17) is 14.2 Å². The third-order valence-corrected chi connectivity index (χ3v) is 7.11. The number of nitrogens with zero attached hydrogens (tertiary/aromatic N) is 2. The molecular formula is C23H29N3O7S. The third kappa shape index (κ3) is 6.45. The number of pyridine rings is 1. The zero-order valence-corrected chi connectivity index (χ0v) is 20.0. The highest BCUT2D eigenvalue weighted by molar-refractivity contribution is 7.89. The van der Waals surface area contributed by atoms with Crippen LogP contribution in [-0.2, 0) is 24.3 Å². The lowest BCUT2D eigenvalue weighted by molar-refractivity contribution is -0.152. The van der Waals surface area contributed by atoms with Crippen LogP contribution < -0.4 is 14.8 Å². The molecule has 0 saturated carbocycles. The molecule has 0 radical (unpaired) electrons. The van der Waals surface area contributed by atoms with E-state index in [1.54, 1.807) is 24.3 Å². The molecule has 2 aromatic rings. The van der Waals surface area contributed by atoms with Gasteiger partial charge in [0, 0.05) is 37.2 Å². The highest BCUT2D eigenvalue weighted by atomic mass is 32.2. The molecule has 1 saturated heterocycles. The molecule has 0 unspecified atom stereocenters. The molecule has 0 atom stereocenters. The van der Waals surface area contributed by atoms with Crippen LogP contribution in [0, 0.1) is 5.92 Å². The van der Waals surface area contributed by atoms with Crippen molar-refractivity contribution < 1.29 is 32.2 Å². The Morgan fingerprint density at radius 3 is 2.44 bits per heavy atom. The van der Waals surface area contributed by atoms with Crippen LogP contribution in [0.5, 0.6) is 11.5 Å². The Labute approximate surface area is 199 Å². The zero-order chi connectivity index (χ0) is 24.6. The number of esters is 1. The number of aromatic nitrogens is 1. The second-order valence-corrected chi connectivity index (χ2v) is 9.49. The van der Waals surface area contributed by atoms with Crippen LogP contribution in [0.2, 0.25) is 0 Å². The van der Waals surface area contributed by atoms with Gasteiger partial charge in [-0.05, 0) is 51.0 Å². The van der Waals surface area contributed by atoms with Crippen LogP contribution in [0.15, 0.2) is 47.6 Å². The molecule has 2 heterocycles. The molecule has 34 heavy (non-hydrogen) atoms. The molecule has 184 valence electrons. The third-order valence-electron chi connectivity index (χ3n) is 5.23. The minimum absolute atomic E-state index is 0.120. The summed E-state index contributed by atoms with van der Waals surface area (Å²) in [6.45, 7) is 4.57. The first-order chi connectivity index (χ1) is 16.3. The number of amides is 1. The van der Waals surface area contributed by atoms with Crippen molar-refractivity contribution in [1.82, 2.24) is 9.29 Å². The molecule has 1 fully saturated rings. The predicted octanol–water partition coefficient (Wildman–Crippen LogP) is 2.46. The summed E-state index contributed by atoms with van der Waals surface area (Å²) in [4.78, 5) is 28.7. The molecule has 1 aromatic heterocycles. The zero-order valence-electron chi connectivity index (χ0n) is 19.2. The molecule has 0 bridgehead atoms. The van der Waals surface area contributed by atoms with Gasteiger partial charge >= 0.3 is 5.97 Å². The van der Waals surface area contributed by atoms with Gasteiger partial charge in [-0.1, -0.05) is 0 Å². The van der Waals surface area contributed by atoms with Crippen LogP contribution in [-0.4, -0.2) is 62.5 Å². The smallest absolute Gasteiger partial charge is 0.309 e. The van der Waals surface area contributed by atoms with E-state index in [1.165, 1.54) is 22.8 Å². The highest BCUT2D eigenvalue weighted by Crippen LogP contribution is 2.30. The largest absolute Gasteiger partial charge is 0.490 e. The van der Waals surface area contributed by atoms with Gasteiger partial charge in [-0.25, -0.2) is 8.42 Å². The van der Waals surface area contributed by atoms with Gasteiger partial charge in [-0.2, -0.15) is 4.31 Å². The summed E-state index contributed by atoms with van der Waals surface area (Å²) >= 11 is 0. The number of hydrogen-bond donors (Lipinski definition) is 1. The average molecular weight is 492 g/mol. The van der Waals surface area contributed by atoms with E-state index in [0.29, 0.717) is 43.2 Å². The first-order valence-corrected chi connectivity index (χ1v) is 12.6. The Morgan fingerprint density at radius 2 is 1.79 bits per heavy atom. The number of benzene rings is 1. The Bertz CT molecular complexity index is 1080. The van der Waals surface area contributed by atoms with E-state index in [0.717, 1.165) is 0 Å².